The maximum atomic E-state index is 11.7. The molecule has 0 heterocycles. The average molecular weight is 298 g/mol. The molecule has 0 radical (unpaired) electrons. The third-order valence-corrected chi connectivity index (χ3v) is 3.11. The van der Waals surface area contributed by atoms with Crippen LogP contribution in [0.1, 0.15) is 36.7 Å². The minimum Gasteiger partial charge on any atom is -0.366 e. The zero-order valence-corrected chi connectivity index (χ0v) is 12.6. The van der Waals surface area contributed by atoms with Gasteiger partial charge in [0.05, 0.1) is 6.04 Å². The molecular weight excluding hydrogens is 278 g/mol. The van der Waals surface area contributed by atoms with Gasteiger partial charge in [-0.3, -0.25) is 9.59 Å². The predicted molar refractivity (Wildman–Crippen MR) is 79.6 cm³/mol. The summed E-state index contributed by atoms with van der Waals surface area (Å²) in [7, 11) is 0. The van der Waals surface area contributed by atoms with Gasteiger partial charge in [-0.05, 0) is 38.5 Å². The second-order valence-corrected chi connectivity index (χ2v) is 5.34. The number of halogens is 1. The number of rotatable bonds is 6. The summed E-state index contributed by atoms with van der Waals surface area (Å²) in [4.78, 5) is 22.8. The number of nitrogens with two attached hydrogens (primary N) is 1. The number of hydrogen-bond acceptors (Lipinski definition) is 3. The molecule has 0 saturated carbocycles. The SMILES string of the molecule is CC(C)NC(=O)C(C)NCc1ccc(C(N)=O)cc1Cl. The molecule has 0 aliphatic heterocycles. The molecule has 0 spiro atoms. The van der Waals surface area contributed by atoms with Gasteiger partial charge in [-0.15, -0.1) is 0 Å². The van der Waals surface area contributed by atoms with Crippen LogP contribution in [0.15, 0.2) is 18.2 Å². The second-order valence-electron chi connectivity index (χ2n) is 4.94. The molecule has 0 aromatic heterocycles. The molecule has 5 nitrogen and oxygen atoms in total. The van der Waals surface area contributed by atoms with Crippen molar-refractivity contribution in [3.63, 3.8) is 0 Å². The van der Waals surface area contributed by atoms with E-state index in [0.717, 1.165) is 5.56 Å². The fourth-order valence-corrected chi connectivity index (χ4v) is 1.86. The van der Waals surface area contributed by atoms with E-state index in [0.29, 0.717) is 17.1 Å². The Morgan fingerprint density at radius 3 is 2.45 bits per heavy atom. The zero-order chi connectivity index (χ0) is 15.3. The molecule has 1 rings (SSSR count). The van der Waals surface area contributed by atoms with E-state index in [1.807, 2.05) is 13.8 Å². The lowest BCUT2D eigenvalue weighted by atomic mass is 10.1. The fraction of sp³-hybridized carbons (Fsp3) is 0.429. The number of amides is 2. The van der Waals surface area contributed by atoms with Crippen LogP contribution in [0.4, 0.5) is 0 Å². The third-order valence-electron chi connectivity index (χ3n) is 2.76. The van der Waals surface area contributed by atoms with Crippen molar-refractivity contribution in [1.29, 1.82) is 0 Å². The highest BCUT2D eigenvalue weighted by Crippen LogP contribution is 2.17. The summed E-state index contributed by atoms with van der Waals surface area (Å²) in [5.74, 6) is -0.582. The highest BCUT2D eigenvalue weighted by Gasteiger charge is 2.13. The summed E-state index contributed by atoms with van der Waals surface area (Å²) in [5, 5.41) is 6.35. The molecule has 4 N–H and O–H groups in total. The maximum Gasteiger partial charge on any atom is 0.248 e. The normalized spacial score (nSPS) is 12.2. The van der Waals surface area contributed by atoms with Crippen LogP contribution < -0.4 is 16.4 Å². The summed E-state index contributed by atoms with van der Waals surface area (Å²) >= 11 is 6.07. The topological polar surface area (TPSA) is 84.2 Å². The first kappa shape index (κ1) is 16.5. The van der Waals surface area contributed by atoms with Gasteiger partial charge in [0.15, 0.2) is 0 Å². The Morgan fingerprint density at radius 2 is 1.95 bits per heavy atom. The van der Waals surface area contributed by atoms with Gasteiger partial charge in [0, 0.05) is 23.2 Å². The largest absolute Gasteiger partial charge is 0.366 e. The summed E-state index contributed by atoms with van der Waals surface area (Å²) in [6.07, 6.45) is 0. The van der Waals surface area contributed by atoms with Gasteiger partial charge in [0.25, 0.3) is 0 Å². The van der Waals surface area contributed by atoms with E-state index in [2.05, 4.69) is 10.6 Å². The Balaban J connectivity index is 2.62. The Labute approximate surface area is 123 Å². The van der Waals surface area contributed by atoms with Crippen LogP contribution in [0.25, 0.3) is 0 Å². The molecule has 2 amide bonds. The lowest BCUT2D eigenvalue weighted by Crippen LogP contribution is -2.44. The zero-order valence-electron chi connectivity index (χ0n) is 11.9. The van der Waals surface area contributed by atoms with Crippen LogP contribution in [0.3, 0.4) is 0 Å². The van der Waals surface area contributed by atoms with E-state index in [-0.39, 0.29) is 18.0 Å². The molecule has 0 aliphatic rings. The van der Waals surface area contributed by atoms with Crippen molar-refractivity contribution in [1.82, 2.24) is 10.6 Å². The molecular formula is C14H20ClN3O2. The summed E-state index contributed by atoms with van der Waals surface area (Å²) in [6.45, 7) is 6.03. The third kappa shape index (κ3) is 4.83. The molecule has 0 aliphatic carbocycles. The predicted octanol–water partition coefficient (Wildman–Crippen LogP) is 1.44. The van der Waals surface area contributed by atoms with E-state index in [1.54, 1.807) is 19.1 Å². The highest BCUT2D eigenvalue weighted by molar-refractivity contribution is 6.31. The first-order chi connectivity index (χ1) is 9.31. The van der Waals surface area contributed by atoms with Crippen LogP contribution in [-0.4, -0.2) is 23.9 Å². The number of nitrogens with one attached hydrogen (secondary N) is 2. The van der Waals surface area contributed by atoms with E-state index in [4.69, 9.17) is 17.3 Å². The van der Waals surface area contributed by atoms with Crippen LogP contribution >= 0.6 is 11.6 Å². The van der Waals surface area contributed by atoms with Crippen molar-refractivity contribution in [3.8, 4) is 0 Å². The van der Waals surface area contributed by atoms with Gasteiger partial charge < -0.3 is 16.4 Å². The Kier molecular flexibility index (Phi) is 5.98. The highest BCUT2D eigenvalue weighted by atomic mass is 35.5. The van der Waals surface area contributed by atoms with Gasteiger partial charge in [-0.2, -0.15) is 0 Å². The Hall–Kier alpha value is -1.59. The van der Waals surface area contributed by atoms with Crippen molar-refractivity contribution < 1.29 is 9.59 Å². The summed E-state index contributed by atoms with van der Waals surface area (Å²) < 4.78 is 0. The minimum atomic E-state index is -0.518. The van der Waals surface area contributed by atoms with E-state index in [1.165, 1.54) is 6.07 Å². The summed E-state index contributed by atoms with van der Waals surface area (Å²) in [5.41, 5.74) is 6.35. The lowest BCUT2D eigenvalue weighted by molar-refractivity contribution is -0.123. The molecule has 1 atom stereocenters. The van der Waals surface area contributed by atoms with Crippen LogP contribution in [0, 0.1) is 0 Å². The van der Waals surface area contributed by atoms with Gasteiger partial charge in [-0.1, -0.05) is 17.7 Å². The molecule has 110 valence electrons. The van der Waals surface area contributed by atoms with Gasteiger partial charge in [-0.25, -0.2) is 0 Å². The van der Waals surface area contributed by atoms with E-state index < -0.39 is 5.91 Å². The number of benzene rings is 1. The van der Waals surface area contributed by atoms with Crippen molar-refractivity contribution in [2.24, 2.45) is 5.73 Å². The van der Waals surface area contributed by atoms with E-state index >= 15 is 0 Å². The van der Waals surface area contributed by atoms with Crippen LogP contribution in [0.2, 0.25) is 5.02 Å². The van der Waals surface area contributed by atoms with Crippen LogP contribution in [-0.2, 0) is 11.3 Å². The molecule has 6 heteroatoms. The molecule has 1 aromatic carbocycles. The van der Waals surface area contributed by atoms with Crippen molar-refractivity contribution in [2.45, 2.75) is 39.4 Å². The van der Waals surface area contributed by atoms with E-state index in [9.17, 15) is 9.59 Å². The molecule has 20 heavy (non-hydrogen) atoms. The molecule has 0 bridgehead atoms. The van der Waals surface area contributed by atoms with Crippen molar-refractivity contribution in [3.05, 3.63) is 34.3 Å². The fourth-order valence-electron chi connectivity index (χ4n) is 1.61. The molecule has 1 unspecified atom stereocenters. The monoisotopic (exact) mass is 297 g/mol. The number of carbonyl (C=O) groups is 2. The first-order valence-corrected chi connectivity index (χ1v) is 6.81. The second kappa shape index (κ2) is 7.26. The number of hydrogen-bond donors (Lipinski definition) is 3. The van der Waals surface area contributed by atoms with Crippen molar-refractivity contribution in [2.75, 3.05) is 0 Å². The standard InChI is InChI=1S/C14H20ClN3O2/c1-8(2)18-14(20)9(3)17-7-11-5-4-10(13(16)19)6-12(11)15/h4-6,8-9,17H,7H2,1-3H3,(H2,16,19)(H,18,20). The van der Waals surface area contributed by atoms with Crippen molar-refractivity contribution >= 4 is 23.4 Å². The molecule has 0 saturated heterocycles. The Morgan fingerprint density at radius 1 is 1.30 bits per heavy atom. The minimum absolute atomic E-state index is 0.0649. The first-order valence-electron chi connectivity index (χ1n) is 6.43. The summed E-state index contributed by atoms with van der Waals surface area (Å²) in [6, 6.07) is 4.64. The van der Waals surface area contributed by atoms with Gasteiger partial charge in [0.1, 0.15) is 0 Å². The Bertz CT molecular complexity index is 503. The van der Waals surface area contributed by atoms with Crippen LogP contribution in [0.5, 0.6) is 0 Å². The van der Waals surface area contributed by atoms with Gasteiger partial charge >= 0.3 is 0 Å². The number of carbonyl (C=O) groups excluding carboxylic acids is 2. The molecule has 1 aromatic rings. The van der Waals surface area contributed by atoms with Gasteiger partial charge in [0.2, 0.25) is 11.8 Å². The number of primary amides is 1. The smallest absolute Gasteiger partial charge is 0.248 e. The maximum absolute atomic E-state index is 11.7. The average Bonchev–Trinajstić information content (AvgIpc) is 2.35. The lowest BCUT2D eigenvalue weighted by Gasteiger charge is -2.16. The quantitative estimate of drug-likeness (QED) is 0.743. The molecule has 0 fully saturated rings.